The zero-order valence-electron chi connectivity index (χ0n) is 13.2. The third-order valence-corrected chi connectivity index (χ3v) is 4.38. The van der Waals surface area contributed by atoms with Gasteiger partial charge in [-0.05, 0) is 50.2 Å². The Kier molecular flexibility index (Phi) is 4.67. The van der Waals surface area contributed by atoms with Gasteiger partial charge in [0.15, 0.2) is 0 Å². The van der Waals surface area contributed by atoms with E-state index in [1.807, 2.05) is 73.1 Å². The van der Waals surface area contributed by atoms with E-state index in [4.69, 9.17) is 0 Å². The van der Waals surface area contributed by atoms with E-state index in [1.54, 1.807) is 11.8 Å². The van der Waals surface area contributed by atoms with Gasteiger partial charge >= 0.3 is 0 Å². The molecule has 3 rings (SSSR count). The number of nitrogens with zero attached hydrogens (tertiary/aromatic N) is 2. The van der Waals surface area contributed by atoms with Gasteiger partial charge < -0.3 is 9.72 Å². The predicted octanol–water partition coefficient (Wildman–Crippen LogP) is 3.76. The van der Waals surface area contributed by atoms with Crippen molar-refractivity contribution in [2.75, 3.05) is 0 Å². The Bertz CT molecular complexity index is 776. The smallest absolute Gasteiger partial charge is 0.251 e. The van der Waals surface area contributed by atoms with E-state index in [0.717, 1.165) is 22.0 Å². The van der Waals surface area contributed by atoms with Crippen molar-refractivity contribution in [1.82, 2.24) is 14.7 Å². The van der Waals surface area contributed by atoms with Crippen molar-refractivity contribution in [3.63, 3.8) is 0 Å². The monoisotopic (exact) mass is 325 g/mol. The first-order chi connectivity index (χ1) is 11.1. The molecule has 0 saturated carbocycles. The number of imidazole rings is 1. The molecule has 23 heavy (non-hydrogen) atoms. The molecule has 0 atom stereocenters. The lowest BCUT2D eigenvalue weighted by Gasteiger charge is -2.08. The minimum atomic E-state index is -0.0306. The molecule has 0 bridgehead atoms. The molecular weight excluding hydrogens is 306 g/mol. The fourth-order valence-corrected chi connectivity index (χ4v) is 3.04. The molecule has 0 saturated heterocycles. The Hall–Kier alpha value is -2.27. The van der Waals surface area contributed by atoms with E-state index in [9.17, 15) is 4.79 Å². The predicted molar refractivity (Wildman–Crippen MR) is 93.8 cm³/mol. The highest BCUT2D eigenvalue weighted by molar-refractivity contribution is 7.98. The maximum Gasteiger partial charge on any atom is 0.251 e. The molecule has 1 amide bonds. The van der Waals surface area contributed by atoms with Gasteiger partial charge in [-0.1, -0.05) is 6.07 Å². The summed E-state index contributed by atoms with van der Waals surface area (Å²) in [6.07, 6.45) is 4.05. The Balaban J connectivity index is 1.63. The molecule has 1 aromatic carbocycles. The molecule has 5 heteroatoms. The van der Waals surface area contributed by atoms with Crippen LogP contribution in [0.15, 0.2) is 59.8 Å². The van der Waals surface area contributed by atoms with Gasteiger partial charge in [-0.25, -0.2) is 4.98 Å². The Morgan fingerprint density at radius 2 is 2.00 bits per heavy atom. The molecule has 2 aromatic heterocycles. The maximum atomic E-state index is 11.9. The second-order valence-electron chi connectivity index (χ2n) is 5.64. The fraction of sp³-hybridized carbons (Fsp3) is 0.222. The first-order valence-corrected chi connectivity index (χ1v) is 8.57. The zero-order valence-corrected chi connectivity index (χ0v) is 14.0. The van der Waals surface area contributed by atoms with Crippen molar-refractivity contribution in [2.45, 2.75) is 30.5 Å². The van der Waals surface area contributed by atoms with E-state index in [2.05, 4.69) is 10.3 Å². The zero-order chi connectivity index (χ0) is 16.2. The molecule has 0 unspecified atom stereocenters. The van der Waals surface area contributed by atoms with Crippen LogP contribution in [0.5, 0.6) is 0 Å². The van der Waals surface area contributed by atoms with Crippen molar-refractivity contribution < 1.29 is 4.79 Å². The number of rotatable bonds is 5. The molecule has 0 radical (unpaired) electrons. The lowest BCUT2D eigenvalue weighted by atomic mass is 10.2. The quantitative estimate of drug-likeness (QED) is 0.727. The summed E-state index contributed by atoms with van der Waals surface area (Å²) in [5.41, 5.74) is 2.70. The minimum absolute atomic E-state index is 0.0306. The average Bonchev–Trinajstić information content (AvgIpc) is 2.95. The van der Waals surface area contributed by atoms with Crippen LogP contribution in [0.2, 0.25) is 0 Å². The fourth-order valence-electron chi connectivity index (χ4n) is 2.26. The number of fused-ring (bicyclic) bond motifs is 1. The van der Waals surface area contributed by atoms with Crippen molar-refractivity contribution in [2.24, 2.45) is 0 Å². The van der Waals surface area contributed by atoms with Gasteiger partial charge in [-0.3, -0.25) is 4.79 Å². The van der Waals surface area contributed by atoms with Crippen LogP contribution >= 0.6 is 11.8 Å². The number of pyridine rings is 1. The van der Waals surface area contributed by atoms with Crippen LogP contribution in [-0.4, -0.2) is 21.3 Å². The summed E-state index contributed by atoms with van der Waals surface area (Å²) < 4.78 is 2.02. The standard InChI is InChI=1S/C18H19N3OS/c1-13(2)19-18(22)14-6-8-16(9-7-14)23-12-15-11-21-10-4-3-5-17(21)20-15/h3-11,13H,12H2,1-2H3,(H,19,22). The largest absolute Gasteiger partial charge is 0.350 e. The number of thioether (sulfide) groups is 1. The van der Waals surface area contributed by atoms with Crippen LogP contribution in [-0.2, 0) is 5.75 Å². The van der Waals surface area contributed by atoms with Crippen molar-refractivity contribution in [3.05, 3.63) is 66.1 Å². The molecule has 0 spiro atoms. The van der Waals surface area contributed by atoms with Crippen molar-refractivity contribution in [3.8, 4) is 0 Å². The number of benzene rings is 1. The summed E-state index contributed by atoms with van der Waals surface area (Å²) in [4.78, 5) is 17.6. The SMILES string of the molecule is CC(C)NC(=O)c1ccc(SCc2cn3ccccc3n2)cc1. The summed E-state index contributed by atoms with van der Waals surface area (Å²) >= 11 is 1.72. The number of carbonyl (C=O) groups is 1. The van der Waals surface area contributed by atoms with Crippen LogP contribution in [0, 0.1) is 0 Å². The highest BCUT2D eigenvalue weighted by Crippen LogP contribution is 2.23. The van der Waals surface area contributed by atoms with Gasteiger partial charge in [0.05, 0.1) is 5.69 Å². The number of aromatic nitrogens is 2. The molecule has 3 aromatic rings. The van der Waals surface area contributed by atoms with Gasteiger partial charge in [-0.2, -0.15) is 0 Å². The molecule has 0 aliphatic heterocycles. The first kappa shape index (κ1) is 15.6. The molecule has 0 aliphatic rings. The Morgan fingerprint density at radius 1 is 1.22 bits per heavy atom. The highest BCUT2D eigenvalue weighted by atomic mass is 32.2. The van der Waals surface area contributed by atoms with Gasteiger partial charge in [0.1, 0.15) is 5.65 Å². The van der Waals surface area contributed by atoms with Gasteiger partial charge in [0, 0.05) is 34.6 Å². The van der Waals surface area contributed by atoms with E-state index < -0.39 is 0 Å². The van der Waals surface area contributed by atoms with Gasteiger partial charge in [0.25, 0.3) is 5.91 Å². The van der Waals surface area contributed by atoms with Crippen LogP contribution < -0.4 is 5.32 Å². The number of hydrogen-bond acceptors (Lipinski definition) is 3. The van der Waals surface area contributed by atoms with Crippen LogP contribution in [0.3, 0.4) is 0 Å². The summed E-state index contributed by atoms with van der Waals surface area (Å²) in [5, 5.41) is 2.89. The number of hydrogen-bond donors (Lipinski definition) is 1. The van der Waals surface area contributed by atoms with Crippen LogP contribution in [0.1, 0.15) is 29.9 Å². The minimum Gasteiger partial charge on any atom is -0.350 e. The van der Waals surface area contributed by atoms with Crippen LogP contribution in [0.25, 0.3) is 5.65 Å². The van der Waals surface area contributed by atoms with Gasteiger partial charge in [-0.15, -0.1) is 11.8 Å². The van der Waals surface area contributed by atoms with E-state index in [0.29, 0.717) is 5.56 Å². The summed E-state index contributed by atoms with van der Waals surface area (Å²) in [7, 11) is 0. The van der Waals surface area contributed by atoms with Crippen molar-refractivity contribution >= 4 is 23.3 Å². The Morgan fingerprint density at radius 3 is 2.70 bits per heavy atom. The third-order valence-electron chi connectivity index (χ3n) is 3.34. The van der Waals surface area contributed by atoms with E-state index in [1.165, 1.54) is 0 Å². The molecule has 2 heterocycles. The second kappa shape index (κ2) is 6.87. The van der Waals surface area contributed by atoms with E-state index in [-0.39, 0.29) is 11.9 Å². The topological polar surface area (TPSA) is 46.4 Å². The Labute approximate surface area is 139 Å². The highest BCUT2D eigenvalue weighted by Gasteiger charge is 2.07. The van der Waals surface area contributed by atoms with Crippen LogP contribution in [0.4, 0.5) is 0 Å². The third kappa shape index (κ3) is 3.93. The second-order valence-corrected chi connectivity index (χ2v) is 6.69. The summed E-state index contributed by atoms with van der Waals surface area (Å²) in [5.74, 6) is 0.774. The van der Waals surface area contributed by atoms with Gasteiger partial charge in [0.2, 0.25) is 0 Å². The summed E-state index contributed by atoms with van der Waals surface area (Å²) in [6.45, 7) is 3.91. The molecule has 0 fully saturated rings. The first-order valence-electron chi connectivity index (χ1n) is 7.58. The normalized spacial score (nSPS) is 11.1. The van der Waals surface area contributed by atoms with Crippen molar-refractivity contribution in [1.29, 1.82) is 0 Å². The molecule has 1 N–H and O–H groups in total. The number of amides is 1. The lowest BCUT2D eigenvalue weighted by Crippen LogP contribution is -2.29. The average molecular weight is 325 g/mol. The maximum absolute atomic E-state index is 11.9. The van der Waals surface area contributed by atoms with E-state index >= 15 is 0 Å². The lowest BCUT2D eigenvalue weighted by molar-refractivity contribution is 0.0943. The molecule has 4 nitrogen and oxygen atoms in total. The number of carbonyl (C=O) groups excluding carboxylic acids is 1. The summed E-state index contributed by atoms with van der Waals surface area (Å²) in [6, 6.07) is 13.8. The molecule has 118 valence electrons. The number of nitrogens with one attached hydrogen (secondary N) is 1. The molecule has 0 aliphatic carbocycles. The molecular formula is C18H19N3OS.